The van der Waals surface area contributed by atoms with Crippen molar-refractivity contribution in [3.8, 4) is 17.2 Å². The summed E-state index contributed by atoms with van der Waals surface area (Å²) in [5.74, 6) is 1.35. The molecule has 2 aromatic carbocycles. The minimum Gasteiger partial charge on any atom is -0.496 e. The Morgan fingerprint density at radius 2 is 1.81 bits per heavy atom. The third-order valence-corrected chi connectivity index (χ3v) is 4.45. The number of aromatic nitrogens is 1. The molecule has 0 atom stereocenters. The number of carbonyl (C=O) groups is 1. The van der Waals surface area contributed by atoms with E-state index < -0.39 is 0 Å². The van der Waals surface area contributed by atoms with Crippen LogP contribution in [0.25, 0.3) is 10.9 Å². The molecule has 0 saturated heterocycles. The fourth-order valence-corrected chi connectivity index (χ4v) is 2.97. The molecule has 0 unspecified atom stereocenters. The normalized spacial score (nSPS) is 10.6. The number of fused-ring (bicyclic) bond motifs is 1. The second kappa shape index (κ2) is 7.58. The van der Waals surface area contributed by atoms with Crippen LogP contribution in [0.15, 0.2) is 36.4 Å². The van der Waals surface area contributed by atoms with E-state index in [0.29, 0.717) is 40.0 Å². The minimum absolute atomic E-state index is 0.260. The number of hydrogen-bond donors (Lipinski definition) is 2. The molecule has 0 fully saturated rings. The zero-order valence-electron chi connectivity index (χ0n) is 14.7. The second-order valence-electron chi connectivity index (χ2n) is 5.56. The van der Waals surface area contributed by atoms with Gasteiger partial charge in [0, 0.05) is 23.0 Å². The molecule has 136 valence electrons. The molecular weight excluding hydrogens is 356 g/mol. The Hall–Kier alpha value is -2.86. The highest BCUT2D eigenvalue weighted by Gasteiger charge is 2.19. The zero-order chi connectivity index (χ0) is 18.7. The summed E-state index contributed by atoms with van der Waals surface area (Å²) in [4.78, 5) is 15.6. The summed E-state index contributed by atoms with van der Waals surface area (Å²) in [5, 5.41) is 4.19. The summed E-state index contributed by atoms with van der Waals surface area (Å²) in [6, 6.07) is 10.8. The maximum absolute atomic E-state index is 12.6. The Kier molecular flexibility index (Phi) is 5.23. The molecule has 6 nitrogen and oxygen atoms in total. The van der Waals surface area contributed by atoms with Gasteiger partial charge in [0.15, 0.2) is 11.5 Å². The molecule has 1 amide bonds. The number of carbonyl (C=O) groups excluding carboxylic acids is 1. The fraction of sp³-hybridized carbons (Fsp3) is 0.211. The topological polar surface area (TPSA) is 72.6 Å². The molecule has 1 heterocycles. The predicted octanol–water partition coefficient (Wildman–Crippen LogP) is 3.78. The molecule has 7 heteroatoms. The number of hydrogen-bond acceptors (Lipinski definition) is 4. The summed E-state index contributed by atoms with van der Waals surface area (Å²) in [7, 11) is 4.65. The minimum atomic E-state index is -0.260. The highest BCUT2D eigenvalue weighted by Crippen LogP contribution is 2.41. The molecule has 3 rings (SSSR count). The maximum Gasteiger partial charge on any atom is 0.268 e. The number of benzene rings is 2. The molecule has 0 radical (unpaired) electrons. The van der Waals surface area contributed by atoms with Gasteiger partial charge >= 0.3 is 0 Å². The zero-order valence-corrected chi connectivity index (χ0v) is 15.4. The van der Waals surface area contributed by atoms with Gasteiger partial charge in [-0.3, -0.25) is 4.79 Å². The Labute approximate surface area is 156 Å². The van der Waals surface area contributed by atoms with Crippen molar-refractivity contribution in [1.29, 1.82) is 0 Å². The number of H-pyrrole nitrogens is 1. The van der Waals surface area contributed by atoms with Gasteiger partial charge in [0.05, 0.1) is 26.8 Å². The van der Waals surface area contributed by atoms with Gasteiger partial charge in [-0.05, 0) is 17.7 Å². The first-order valence-electron chi connectivity index (χ1n) is 7.92. The van der Waals surface area contributed by atoms with Crippen LogP contribution in [0, 0.1) is 0 Å². The van der Waals surface area contributed by atoms with E-state index in [0.717, 1.165) is 10.9 Å². The Balaban J connectivity index is 1.93. The van der Waals surface area contributed by atoms with Crippen molar-refractivity contribution >= 4 is 28.4 Å². The van der Waals surface area contributed by atoms with Gasteiger partial charge in [-0.25, -0.2) is 0 Å². The lowest BCUT2D eigenvalue weighted by atomic mass is 10.2. The third kappa shape index (κ3) is 3.28. The van der Waals surface area contributed by atoms with E-state index in [1.807, 2.05) is 18.2 Å². The first-order chi connectivity index (χ1) is 12.6. The van der Waals surface area contributed by atoms with E-state index >= 15 is 0 Å². The molecule has 3 aromatic rings. The Morgan fingerprint density at radius 3 is 2.46 bits per heavy atom. The molecule has 0 aliphatic heterocycles. The molecule has 1 aromatic heterocycles. The van der Waals surface area contributed by atoms with Gasteiger partial charge in [0.25, 0.3) is 5.91 Å². The van der Waals surface area contributed by atoms with Crippen molar-refractivity contribution < 1.29 is 19.0 Å². The monoisotopic (exact) mass is 374 g/mol. The molecule has 0 bridgehead atoms. The van der Waals surface area contributed by atoms with Crippen molar-refractivity contribution in [1.82, 2.24) is 10.3 Å². The van der Waals surface area contributed by atoms with Crippen LogP contribution in [-0.2, 0) is 6.54 Å². The summed E-state index contributed by atoms with van der Waals surface area (Å²) >= 11 is 6.12. The van der Waals surface area contributed by atoms with Crippen molar-refractivity contribution in [2.24, 2.45) is 0 Å². The number of methoxy groups -OCH3 is 3. The average Bonchev–Trinajstić information content (AvgIpc) is 3.11. The molecule has 0 aliphatic rings. The smallest absolute Gasteiger partial charge is 0.268 e. The standard InChI is InChI=1S/C19H19ClN2O4/c1-24-15-9-16(25-2)18(26-3)17-12(15)8-14(22-17)19(23)21-10-11-6-4-5-7-13(11)20/h4-9,22H,10H2,1-3H3,(H,21,23). The summed E-state index contributed by atoms with van der Waals surface area (Å²) < 4.78 is 16.2. The predicted molar refractivity (Wildman–Crippen MR) is 101 cm³/mol. The Bertz CT molecular complexity index is 952. The first kappa shape index (κ1) is 17.9. The summed E-state index contributed by atoms with van der Waals surface area (Å²) in [5.41, 5.74) is 1.86. The first-order valence-corrected chi connectivity index (χ1v) is 8.30. The third-order valence-electron chi connectivity index (χ3n) is 4.08. The molecule has 2 N–H and O–H groups in total. The molecule has 0 spiro atoms. The number of halogens is 1. The van der Waals surface area contributed by atoms with E-state index in [2.05, 4.69) is 10.3 Å². The van der Waals surface area contributed by atoms with Crippen LogP contribution in [0.4, 0.5) is 0 Å². The largest absolute Gasteiger partial charge is 0.496 e. The van der Waals surface area contributed by atoms with Crippen molar-refractivity contribution in [3.05, 3.63) is 52.7 Å². The lowest BCUT2D eigenvalue weighted by Gasteiger charge is -2.11. The van der Waals surface area contributed by atoms with Crippen LogP contribution in [0.3, 0.4) is 0 Å². The summed E-state index contributed by atoms with van der Waals surface area (Å²) in [6.07, 6.45) is 0. The number of aromatic amines is 1. The lowest BCUT2D eigenvalue weighted by molar-refractivity contribution is 0.0947. The van der Waals surface area contributed by atoms with Gasteiger partial charge in [-0.1, -0.05) is 29.8 Å². The number of amides is 1. The molecular formula is C19H19ClN2O4. The molecule has 26 heavy (non-hydrogen) atoms. The number of rotatable bonds is 6. The van der Waals surface area contributed by atoms with E-state index in [9.17, 15) is 4.79 Å². The van der Waals surface area contributed by atoms with Crippen LogP contribution < -0.4 is 19.5 Å². The fourth-order valence-electron chi connectivity index (χ4n) is 2.77. The second-order valence-corrected chi connectivity index (χ2v) is 5.97. The van der Waals surface area contributed by atoms with Gasteiger partial charge in [-0.15, -0.1) is 0 Å². The lowest BCUT2D eigenvalue weighted by Crippen LogP contribution is -2.23. The number of ether oxygens (including phenoxy) is 3. The van der Waals surface area contributed by atoms with Crippen LogP contribution >= 0.6 is 11.6 Å². The summed E-state index contributed by atoms with van der Waals surface area (Å²) in [6.45, 7) is 0.325. The van der Waals surface area contributed by atoms with Crippen molar-refractivity contribution in [2.75, 3.05) is 21.3 Å². The molecule has 0 saturated carbocycles. The molecule has 0 aliphatic carbocycles. The highest BCUT2D eigenvalue weighted by atomic mass is 35.5. The SMILES string of the molecule is COc1cc(OC)c2cc(C(=O)NCc3ccccc3Cl)[nH]c2c1OC. The Morgan fingerprint density at radius 1 is 1.08 bits per heavy atom. The quantitative estimate of drug-likeness (QED) is 0.688. The van der Waals surface area contributed by atoms with E-state index in [-0.39, 0.29) is 5.91 Å². The van der Waals surface area contributed by atoms with Gasteiger partial charge in [0.1, 0.15) is 11.4 Å². The van der Waals surface area contributed by atoms with Crippen LogP contribution in [0.1, 0.15) is 16.1 Å². The van der Waals surface area contributed by atoms with Gasteiger partial charge in [0.2, 0.25) is 0 Å². The van der Waals surface area contributed by atoms with Crippen LogP contribution in [-0.4, -0.2) is 32.2 Å². The highest BCUT2D eigenvalue weighted by molar-refractivity contribution is 6.31. The van der Waals surface area contributed by atoms with E-state index in [1.54, 1.807) is 39.5 Å². The van der Waals surface area contributed by atoms with Crippen molar-refractivity contribution in [2.45, 2.75) is 6.54 Å². The van der Waals surface area contributed by atoms with Crippen molar-refractivity contribution in [3.63, 3.8) is 0 Å². The maximum atomic E-state index is 12.6. The van der Waals surface area contributed by atoms with E-state index in [1.165, 1.54) is 0 Å². The van der Waals surface area contributed by atoms with Crippen LogP contribution in [0.5, 0.6) is 17.2 Å². The number of nitrogens with one attached hydrogen (secondary N) is 2. The van der Waals surface area contributed by atoms with Gasteiger partial charge < -0.3 is 24.5 Å². The van der Waals surface area contributed by atoms with E-state index in [4.69, 9.17) is 25.8 Å². The average molecular weight is 375 g/mol. The van der Waals surface area contributed by atoms with Crippen LogP contribution in [0.2, 0.25) is 5.02 Å². The van der Waals surface area contributed by atoms with Gasteiger partial charge in [-0.2, -0.15) is 0 Å².